The van der Waals surface area contributed by atoms with Crippen molar-refractivity contribution in [3.63, 3.8) is 0 Å². The number of carbonyl (C=O) groups is 2. The molecule has 0 fully saturated rings. The van der Waals surface area contributed by atoms with Crippen LogP contribution in [0.2, 0.25) is 0 Å². The number of methoxy groups -OCH3 is 1. The summed E-state index contributed by atoms with van der Waals surface area (Å²) in [6.45, 7) is 0. The van der Waals surface area contributed by atoms with Gasteiger partial charge in [0.25, 0.3) is 11.8 Å². The number of rotatable bonds is 2. The molecule has 27 heavy (non-hydrogen) atoms. The highest BCUT2D eigenvalue weighted by molar-refractivity contribution is 6.38. The van der Waals surface area contributed by atoms with Crippen LogP contribution in [0.15, 0.2) is 62.4 Å². The fourth-order valence-corrected chi connectivity index (χ4v) is 3.51. The number of benzene rings is 2. The van der Waals surface area contributed by atoms with Gasteiger partial charge in [0.15, 0.2) is 11.2 Å². The van der Waals surface area contributed by atoms with Crippen LogP contribution in [0.3, 0.4) is 0 Å². The van der Waals surface area contributed by atoms with E-state index >= 15 is 0 Å². The van der Waals surface area contributed by atoms with Crippen LogP contribution >= 0.6 is 0 Å². The van der Waals surface area contributed by atoms with Gasteiger partial charge in [0, 0.05) is 16.8 Å². The van der Waals surface area contributed by atoms with E-state index in [1.807, 2.05) is 0 Å². The Morgan fingerprint density at radius 1 is 0.852 bits per heavy atom. The van der Waals surface area contributed by atoms with Crippen molar-refractivity contribution in [2.75, 3.05) is 12.0 Å². The maximum atomic E-state index is 13.0. The summed E-state index contributed by atoms with van der Waals surface area (Å²) in [4.78, 5) is 38.8. The van der Waals surface area contributed by atoms with Gasteiger partial charge >= 0.3 is 5.63 Å². The Morgan fingerprint density at radius 2 is 1.52 bits per heavy atom. The molecule has 0 saturated heterocycles. The number of fused-ring (bicyclic) bond motifs is 3. The molecule has 2 aromatic heterocycles. The molecule has 0 N–H and O–H groups in total. The molecule has 0 aliphatic carbocycles. The van der Waals surface area contributed by atoms with Gasteiger partial charge in [0.1, 0.15) is 0 Å². The number of nitrogens with zero attached hydrogens (tertiary/aromatic N) is 1. The van der Waals surface area contributed by atoms with Gasteiger partial charge < -0.3 is 13.6 Å². The maximum Gasteiger partial charge on any atom is 0.336 e. The number of imide groups is 1. The third-order valence-corrected chi connectivity index (χ3v) is 4.64. The molecule has 1 aliphatic rings. The monoisotopic (exact) mass is 361 g/mol. The van der Waals surface area contributed by atoms with Crippen molar-refractivity contribution in [2.24, 2.45) is 0 Å². The Kier molecular flexibility index (Phi) is 3.03. The predicted molar refractivity (Wildman–Crippen MR) is 96.4 cm³/mol. The normalized spacial score (nSPS) is 13.6. The topological polar surface area (TPSA) is 90.0 Å². The largest absolute Gasteiger partial charge is 0.490 e. The van der Waals surface area contributed by atoms with E-state index in [1.165, 1.54) is 25.5 Å². The van der Waals surface area contributed by atoms with Gasteiger partial charge in [-0.2, -0.15) is 0 Å². The number of furan rings is 1. The molecule has 7 heteroatoms. The third-order valence-electron chi connectivity index (χ3n) is 4.64. The SMILES string of the molecule is COc1c2occc2c(N2C(=O)c3ccccc3C2=O)c2ccc(=O)oc12. The molecule has 0 bridgehead atoms. The molecule has 1 aliphatic heterocycles. The lowest BCUT2D eigenvalue weighted by molar-refractivity contribution is 0.0927. The number of ether oxygens (including phenoxy) is 1. The summed E-state index contributed by atoms with van der Waals surface area (Å²) in [7, 11) is 1.42. The van der Waals surface area contributed by atoms with Crippen LogP contribution in [0.25, 0.3) is 21.9 Å². The first-order valence-electron chi connectivity index (χ1n) is 8.10. The molecule has 0 spiro atoms. The highest BCUT2D eigenvalue weighted by atomic mass is 16.5. The molecular formula is C20H11NO6. The summed E-state index contributed by atoms with van der Waals surface area (Å²) >= 11 is 0. The first-order chi connectivity index (χ1) is 13.1. The molecule has 2 amide bonds. The minimum absolute atomic E-state index is 0.110. The molecule has 4 aromatic rings. The number of anilines is 1. The standard InChI is InChI=1S/C20H11NO6/c1-25-18-16-13(8-9-26-16)15(12-6-7-14(22)27-17(12)18)21-19(23)10-4-2-3-5-11(10)20(21)24/h2-9H,1H3. The van der Waals surface area contributed by atoms with E-state index in [-0.39, 0.29) is 16.9 Å². The Morgan fingerprint density at radius 3 is 2.19 bits per heavy atom. The predicted octanol–water partition coefficient (Wildman–Crippen LogP) is 3.35. The van der Waals surface area contributed by atoms with Crippen LogP contribution in [0.1, 0.15) is 20.7 Å². The van der Waals surface area contributed by atoms with Gasteiger partial charge in [-0.3, -0.25) is 9.59 Å². The lowest BCUT2D eigenvalue weighted by Gasteiger charge is -2.18. The zero-order valence-corrected chi connectivity index (χ0v) is 14.0. The molecule has 0 unspecified atom stereocenters. The van der Waals surface area contributed by atoms with Crippen molar-refractivity contribution in [3.8, 4) is 5.75 Å². The summed E-state index contributed by atoms with van der Waals surface area (Å²) in [6.07, 6.45) is 1.42. The second kappa shape index (κ2) is 5.31. The second-order valence-electron chi connectivity index (χ2n) is 6.03. The number of hydrogen-bond donors (Lipinski definition) is 0. The van der Waals surface area contributed by atoms with E-state index in [1.54, 1.807) is 30.3 Å². The molecular weight excluding hydrogens is 350 g/mol. The smallest absolute Gasteiger partial charge is 0.336 e. The minimum atomic E-state index is -0.583. The summed E-state index contributed by atoms with van der Waals surface area (Å²) in [5.74, 6) is -0.672. The van der Waals surface area contributed by atoms with Crippen molar-refractivity contribution in [2.45, 2.75) is 0 Å². The quantitative estimate of drug-likeness (QED) is 0.402. The van der Waals surface area contributed by atoms with Crippen LogP contribution < -0.4 is 15.3 Å². The Bertz CT molecular complexity index is 1290. The van der Waals surface area contributed by atoms with Gasteiger partial charge in [0.05, 0.1) is 30.2 Å². The Hall–Kier alpha value is -3.87. The molecule has 7 nitrogen and oxygen atoms in total. The summed E-state index contributed by atoms with van der Waals surface area (Å²) in [6, 6.07) is 11.0. The van der Waals surface area contributed by atoms with Crippen LogP contribution in [0.5, 0.6) is 5.75 Å². The van der Waals surface area contributed by atoms with Gasteiger partial charge in [0.2, 0.25) is 5.75 Å². The third kappa shape index (κ3) is 1.93. The summed E-state index contributed by atoms with van der Waals surface area (Å²) in [5.41, 5.74) is 0.746. The van der Waals surface area contributed by atoms with Crippen LogP contribution in [-0.2, 0) is 0 Å². The van der Waals surface area contributed by atoms with Crippen molar-refractivity contribution < 1.29 is 23.2 Å². The Balaban J connectivity index is 1.92. The van der Waals surface area contributed by atoms with Gasteiger partial charge in [-0.1, -0.05) is 12.1 Å². The van der Waals surface area contributed by atoms with E-state index < -0.39 is 17.4 Å². The molecule has 0 atom stereocenters. The number of carbonyl (C=O) groups excluding carboxylic acids is 2. The highest BCUT2D eigenvalue weighted by Crippen LogP contribution is 2.44. The van der Waals surface area contributed by atoms with E-state index in [0.717, 1.165) is 4.90 Å². The minimum Gasteiger partial charge on any atom is -0.490 e. The average Bonchev–Trinajstić information content (AvgIpc) is 3.25. The molecule has 0 radical (unpaired) electrons. The van der Waals surface area contributed by atoms with Crippen molar-refractivity contribution in [1.29, 1.82) is 0 Å². The average molecular weight is 361 g/mol. The van der Waals surface area contributed by atoms with E-state index in [9.17, 15) is 14.4 Å². The van der Waals surface area contributed by atoms with Gasteiger partial charge in [-0.15, -0.1) is 0 Å². The van der Waals surface area contributed by atoms with Crippen LogP contribution in [-0.4, -0.2) is 18.9 Å². The first kappa shape index (κ1) is 15.4. The van der Waals surface area contributed by atoms with Gasteiger partial charge in [-0.25, -0.2) is 9.69 Å². The molecule has 5 rings (SSSR count). The zero-order valence-electron chi connectivity index (χ0n) is 14.0. The van der Waals surface area contributed by atoms with Crippen molar-refractivity contribution in [3.05, 3.63) is 70.3 Å². The van der Waals surface area contributed by atoms with E-state index in [4.69, 9.17) is 13.6 Å². The first-order valence-corrected chi connectivity index (χ1v) is 8.10. The Labute approximate surface area is 151 Å². The van der Waals surface area contributed by atoms with Crippen molar-refractivity contribution in [1.82, 2.24) is 0 Å². The van der Waals surface area contributed by atoms with Gasteiger partial charge in [-0.05, 0) is 24.3 Å². The lowest BCUT2D eigenvalue weighted by atomic mass is 10.1. The molecule has 3 heterocycles. The fourth-order valence-electron chi connectivity index (χ4n) is 3.51. The zero-order chi connectivity index (χ0) is 18.7. The lowest BCUT2D eigenvalue weighted by Crippen LogP contribution is -2.29. The molecule has 132 valence electrons. The highest BCUT2D eigenvalue weighted by Gasteiger charge is 2.39. The van der Waals surface area contributed by atoms with Crippen LogP contribution in [0, 0.1) is 0 Å². The number of hydrogen-bond acceptors (Lipinski definition) is 6. The van der Waals surface area contributed by atoms with E-state index in [0.29, 0.717) is 27.6 Å². The fraction of sp³-hybridized carbons (Fsp3) is 0.0500. The second-order valence-corrected chi connectivity index (χ2v) is 6.03. The molecule has 2 aromatic carbocycles. The molecule has 0 saturated carbocycles. The number of amides is 2. The maximum absolute atomic E-state index is 13.0. The van der Waals surface area contributed by atoms with Crippen molar-refractivity contribution >= 4 is 39.4 Å². The van der Waals surface area contributed by atoms with E-state index in [2.05, 4.69) is 0 Å². The van der Waals surface area contributed by atoms with Crippen LogP contribution in [0.4, 0.5) is 5.69 Å². The summed E-state index contributed by atoms with van der Waals surface area (Å²) in [5, 5.41) is 0.901. The summed E-state index contributed by atoms with van der Waals surface area (Å²) < 4.78 is 16.2.